The van der Waals surface area contributed by atoms with Crippen molar-refractivity contribution >= 4 is 29.9 Å². The fourth-order valence-electron chi connectivity index (χ4n) is 2.48. The van der Waals surface area contributed by atoms with Crippen molar-refractivity contribution in [2.75, 3.05) is 19.6 Å². The number of unbranched alkanes of at least 4 members (excludes halogenated alkanes) is 1. The van der Waals surface area contributed by atoms with Crippen molar-refractivity contribution in [3.05, 3.63) is 54.1 Å². The molecular weight excluding hydrogens is 425 g/mol. The number of guanidine groups is 1. The van der Waals surface area contributed by atoms with E-state index in [1.807, 2.05) is 18.5 Å². The molecule has 1 aromatic carbocycles. The predicted octanol–water partition coefficient (Wildman–Crippen LogP) is 3.45. The van der Waals surface area contributed by atoms with Crippen molar-refractivity contribution < 1.29 is 0 Å². The van der Waals surface area contributed by atoms with Gasteiger partial charge in [0.25, 0.3) is 0 Å². The van der Waals surface area contributed by atoms with Crippen molar-refractivity contribution in [3.63, 3.8) is 0 Å². The molecule has 1 aromatic heterocycles. The monoisotopic (exact) mass is 455 g/mol. The van der Waals surface area contributed by atoms with Gasteiger partial charge in [0.05, 0.1) is 0 Å². The van der Waals surface area contributed by atoms with E-state index in [0.29, 0.717) is 0 Å². The first kappa shape index (κ1) is 21.5. The van der Waals surface area contributed by atoms with Crippen LogP contribution in [0.1, 0.15) is 38.1 Å². The van der Waals surface area contributed by atoms with E-state index < -0.39 is 0 Å². The first-order chi connectivity index (χ1) is 11.8. The Bertz CT molecular complexity index is 609. The SMILES string of the molecule is CCCCN=C(NCC)NCCc1nccn1Cc1ccccc1.I. The normalized spacial score (nSPS) is 11.0. The zero-order valence-corrected chi connectivity index (χ0v) is 17.6. The molecule has 0 aliphatic carbocycles. The van der Waals surface area contributed by atoms with Gasteiger partial charge in [-0.15, -0.1) is 24.0 Å². The lowest BCUT2D eigenvalue weighted by Crippen LogP contribution is -2.38. The molecule has 138 valence electrons. The van der Waals surface area contributed by atoms with Gasteiger partial charge in [-0.25, -0.2) is 4.98 Å². The van der Waals surface area contributed by atoms with Crippen LogP contribution in [0.2, 0.25) is 0 Å². The molecule has 0 amide bonds. The molecule has 0 bridgehead atoms. The molecule has 2 N–H and O–H groups in total. The van der Waals surface area contributed by atoms with Crippen molar-refractivity contribution in [3.8, 4) is 0 Å². The first-order valence-corrected chi connectivity index (χ1v) is 8.89. The van der Waals surface area contributed by atoms with Crippen molar-refractivity contribution in [1.29, 1.82) is 0 Å². The summed E-state index contributed by atoms with van der Waals surface area (Å²) in [6, 6.07) is 10.5. The highest BCUT2D eigenvalue weighted by atomic mass is 127. The lowest BCUT2D eigenvalue weighted by atomic mass is 10.2. The fraction of sp³-hybridized carbons (Fsp3) is 0.474. The number of nitrogens with one attached hydrogen (secondary N) is 2. The molecule has 2 rings (SSSR count). The molecule has 0 spiro atoms. The van der Waals surface area contributed by atoms with Crippen LogP contribution in [-0.2, 0) is 13.0 Å². The van der Waals surface area contributed by atoms with Crippen molar-refractivity contribution in [1.82, 2.24) is 20.2 Å². The van der Waals surface area contributed by atoms with E-state index in [9.17, 15) is 0 Å². The van der Waals surface area contributed by atoms with Crippen LogP contribution in [0.5, 0.6) is 0 Å². The average Bonchev–Trinajstić information content (AvgIpc) is 3.03. The number of hydrogen-bond donors (Lipinski definition) is 2. The van der Waals surface area contributed by atoms with E-state index >= 15 is 0 Å². The highest BCUT2D eigenvalue weighted by Crippen LogP contribution is 2.05. The van der Waals surface area contributed by atoms with E-state index in [1.165, 1.54) is 12.0 Å². The maximum atomic E-state index is 4.58. The molecule has 0 aliphatic heterocycles. The molecule has 0 aliphatic rings. The second-order valence-corrected chi connectivity index (χ2v) is 5.75. The maximum absolute atomic E-state index is 4.58. The van der Waals surface area contributed by atoms with Gasteiger partial charge in [0.1, 0.15) is 5.82 Å². The number of halogens is 1. The van der Waals surface area contributed by atoms with Gasteiger partial charge >= 0.3 is 0 Å². The van der Waals surface area contributed by atoms with Crippen LogP contribution >= 0.6 is 24.0 Å². The predicted molar refractivity (Wildman–Crippen MR) is 116 cm³/mol. The van der Waals surface area contributed by atoms with E-state index in [-0.39, 0.29) is 24.0 Å². The third-order valence-corrected chi connectivity index (χ3v) is 3.76. The standard InChI is InChI=1S/C19H29N5.HI/c1-3-5-12-22-19(20-4-2)23-13-11-18-21-14-15-24(18)16-17-9-7-6-8-10-17;/h6-10,14-15H,3-5,11-13,16H2,1-2H3,(H2,20,22,23);1H. The number of nitrogens with zero attached hydrogens (tertiary/aromatic N) is 3. The van der Waals surface area contributed by atoms with Gasteiger partial charge < -0.3 is 15.2 Å². The second kappa shape index (κ2) is 12.7. The van der Waals surface area contributed by atoms with E-state index in [2.05, 4.69) is 63.3 Å². The Labute approximate surface area is 168 Å². The Balaban J connectivity index is 0.00000312. The summed E-state index contributed by atoms with van der Waals surface area (Å²) < 4.78 is 2.21. The van der Waals surface area contributed by atoms with Gasteiger partial charge in [-0.1, -0.05) is 43.7 Å². The summed E-state index contributed by atoms with van der Waals surface area (Å²) in [4.78, 5) is 9.07. The molecule has 0 saturated carbocycles. The molecule has 0 atom stereocenters. The second-order valence-electron chi connectivity index (χ2n) is 5.75. The number of aromatic nitrogens is 2. The van der Waals surface area contributed by atoms with Crippen LogP contribution in [0.3, 0.4) is 0 Å². The topological polar surface area (TPSA) is 54.2 Å². The van der Waals surface area contributed by atoms with Crippen molar-refractivity contribution in [2.24, 2.45) is 4.99 Å². The molecule has 5 nitrogen and oxygen atoms in total. The smallest absolute Gasteiger partial charge is 0.191 e. The molecule has 0 saturated heterocycles. The molecule has 0 radical (unpaired) electrons. The Morgan fingerprint density at radius 1 is 1.16 bits per heavy atom. The molecule has 25 heavy (non-hydrogen) atoms. The summed E-state index contributed by atoms with van der Waals surface area (Å²) in [5.74, 6) is 1.99. The summed E-state index contributed by atoms with van der Waals surface area (Å²) in [5.41, 5.74) is 1.29. The minimum atomic E-state index is 0. The van der Waals surface area contributed by atoms with E-state index in [4.69, 9.17) is 0 Å². The van der Waals surface area contributed by atoms with Crippen LogP contribution in [0.4, 0.5) is 0 Å². The Hall–Kier alpha value is -1.57. The van der Waals surface area contributed by atoms with Crippen LogP contribution in [-0.4, -0.2) is 35.1 Å². The molecule has 6 heteroatoms. The van der Waals surface area contributed by atoms with Crippen molar-refractivity contribution in [2.45, 2.75) is 39.7 Å². The number of benzene rings is 1. The fourth-order valence-corrected chi connectivity index (χ4v) is 2.48. The summed E-state index contributed by atoms with van der Waals surface area (Å²) in [5, 5.41) is 6.68. The molecule has 2 aromatic rings. The zero-order valence-electron chi connectivity index (χ0n) is 15.2. The van der Waals surface area contributed by atoms with Crippen LogP contribution < -0.4 is 10.6 Å². The summed E-state index contributed by atoms with van der Waals surface area (Å²) in [6.07, 6.45) is 7.08. The number of imidazole rings is 1. The van der Waals surface area contributed by atoms with Gasteiger partial charge in [0, 0.05) is 45.0 Å². The Kier molecular flexibility index (Phi) is 10.9. The third-order valence-electron chi connectivity index (χ3n) is 3.76. The van der Waals surface area contributed by atoms with E-state index in [1.54, 1.807) is 0 Å². The average molecular weight is 455 g/mol. The summed E-state index contributed by atoms with van der Waals surface area (Å²) in [7, 11) is 0. The van der Waals surface area contributed by atoms with Gasteiger partial charge in [-0.05, 0) is 18.9 Å². The third kappa shape index (κ3) is 7.90. The maximum Gasteiger partial charge on any atom is 0.191 e. The first-order valence-electron chi connectivity index (χ1n) is 8.89. The number of aliphatic imine (C=N–C) groups is 1. The highest BCUT2D eigenvalue weighted by molar-refractivity contribution is 14.0. The highest BCUT2D eigenvalue weighted by Gasteiger charge is 2.04. The van der Waals surface area contributed by atoms with Crippen LogP contribution in [0.25, 0.3) is 0 Å². The molecule has 0 fully saturated rings. The summed E-state index contributed by atoms with van der Waals surface area (Å²) >= 11 is 0. The molecular formula is C19H30IN5. The van der Waals surface area contributed by atoms with E-state index in [0.717, 1.165) is 50.8 Å². The molecule has 1 heterocycles. The van der Waals surface area contributed by atoms with Crippen LogP contribution in [0, 0.1) is 0 Å². The lowest BCUT2D eigenvalue weighted by Gasteiger charge is -2.12. The Morgan fingerprint density at radius 2 is 1.96 bits per heavy atom. The minimum Gasteiger partial charge on any atom is -0.357 e. The van der Waals surface area contributed by atoms with Gasteiger partial charge in [0.15, 0.2) is 5.96 Å². The number of hydrogen-bond acceptors (Lipinski definition) is 2. The largest absolute Gasteiger partial charge is 0.357 e. The summed E-state index contributed by atoms with van der Waals surface area (Å²) in [6.45, 7) is 7.70. The lowest BCUT2D eigenvalue weighted by molar-refractivity contribution is 0.693. The zero-order chi connectivity index (χ0) is 17.0. The number of rotatable bonds is 9. The minimum absolute atomic E-state index is 0. The quantitative estimate of drug-likeness (QED) is 0.264. The molecule has 0 unspecified atom stereocenters. The van der Waals surface area contributed by atoms with Gasteiger partial charge in [-0.3, -0.25) is 4.99 Å². The van der Waals surface area contributed by atoms with Gasteiger partial charge in [-0.2, -0.15) is 0 Å². The van der Waals surface area contributed by atoms with Crippen LogP contribution in [0.15, 0.2) is 47.7 Å². The van der Waals surface area contributed by atoms with Gasteiger partial charge in [0.2, 0.25) is 0 Å². The Morgan fingerprint density at radius 3 is 2.68 bits per heavy atom.